The van der Waals surface area contributed by atoms with Crippen LogP contribution in [0.3, 0.4) is 0 Å². The molecule has 2 aromatic rings. The molecule has 4 fully saturated rings. The lowest BCUT2D eigenvalue weighted by Gasteiger charge is -2.42. The van der Waals surface area contributed by atoms with Crippen molar-refractivity contribution >= 4 is 11.8 Å². The third-order valence-electron chi connectivity index (χ3n) is 8.58. The van der Waals surface area contributed by atoms with Crippen molar-refractivity contribution in [2.75, 3.05) is 0 Å². The van der Waals surface area contributed by atoms with Crippen molar-refractivity contribution in [3.8, 4) is 5.75 Å². The van der Waals surface area contributed by atoms with E-state index in [1.807, 2.05) is 4.90 Å². The van der Waals surface area contributed by atoms with E-state index in [1.54, 1.807) is 0 Å². The molecule has 2 N–H and O–H groups in total. The fraction of sp³-hybridized carbons (Fsp3) is 0.435. The minimum Gasteiger partial charge on any atom is -0.503 e. The number of piperidine rings is 1. The Morgan fingerprint density at radius 3 is 2.67 bits per heavy atom. The Bertz CT molecular complexity index is 1350. The number of rotatable bonds is 3. The number of amides is 2. The van der Waals surface area contributed by atoms with Gasteiger partial charge in [-0.2, -0.15) is 0 Å². The van der Waals surface area contributed by atoms with Crippen molar-refractivity contribution in [1.29, 1.82) is 0 Å². The number of aromatic hydroxyl groups is 1. The van der Waals surface area contributed by atoms with E-state index in [1.165, 1.54) is 17.2 Å². The summed E-state index contributed by atoms with van der Waals surface area (Å²) in [5.41, 5.74) is -1.93. The van der Waals surface area contributed by atoms with E-state index < -0.39 is 52.2 Å². The quantitative estimate of drug-likeness (QED) is 0.735. The van der Waals surface area contributed by atoms with Gasteiger partial charge in [-0.15, -0.1) is 0 Å². The van der Waals surface area contributed by atoms with Gasteiger partial charge < -0.3 is 19.9 Å². The molecular formula is C23H18F3N3O4. The standard InChI is InChI=1S/C23H18F3N3O4/c24-8-1-13(25)10(14(26)2-8)5-27-21(32)11-6-28-7-15-17-9-3-12(9)23(17)4-16(23)29(15)22(33)18(28)20(31)19(11)30/h1-2,6,9,12,15-17,31H,3-5,7H2,(H,27,32)/t9-,12+,15+,16?,17?,23-/m1/s1. The average molecular weight is 457 g/mol. The van der Waals surface area contributed by atoms with Crippen LogP contribution in [0.4, 0.5) is 13.2 Å². The van der Waals surface area contributed by atoms with Gasteiger partial charge >= 0.3 is 0 Å². The summed E-state index contributed by atoms with van der Waals surface area (Å²) in [4.78, 5) is 40.4. The second kappa shape index (κ2) is 5.78. The van der Waals surface area contributed by atoms with Gasteiger partial charge in [0.15, 0.2) is 11.4 Å². The summed E-state index contributed by atoms with van der Waals surface area (Å²) in [6, 6.07) is 1.14. The maximum Gasteiger partial charge on any atom is 0.275 e. The highest BCUT2D eigenvalue weighted by Gasteiger charge is 2.88. The number of nitrogens with one attached hydrogen (secondary N) is 1. The van der Waals surface area contributed by atoms with E-state index >= 15 is 0 Å². The van der Waals surface area contributed by atoms with Crippen molar-refractivity contribution in [1.82, 2.24) is 14.8 Å². The number of aromatic nitrogens is 1. The zero-order valence-electron chi connectivity index (χ0n) is 17.1. The molecule has 5 aliphatic rings. The fourth-order valence-corrected chi connectivity index (χ4v) is 7.20. The predicted molar refractivity (Wildman–Crippen MR) is 106 cm³/mol. The van der Waals surface area contributed by atoms with Crippen molar-refractivity contribution in [2.24, 2.45) is 23.2 Å². The summed E-state index contributed by atoms with van der Waals surface area (Å²) in [5, 5.41) is 12.8. The Balaban J connectivity index is 1.20. The molecule has 3 aliphatic carbocycles. The largest absolute Gasteiger partial charge is 0.503 e. The van der Waals surface area contributed by atoms with Gasteiger partial charge in [0, 0.05) is 48.4 Å². The molecule has 6 atom stereocenters. The Hall–Kier alpha value is -3.30. The van der Waals surface area contributed by atoms with E-state index in [0.29, 0.717) is 36.4 Å². The second-order valence-electron chi connectivity index (χ2n) is 9.90. The van der Waals surface area contributed by atoms with E-state index in [9.17, 15) is 32.7 Å². The van der Waals surface area contributed by atoms with E-state index in [0.717, 1.165) is 6.42 Å². The molecule has 170 valence electrons. The molecule has 1 spiro atoms. The molecule has 33 heavy (non-hydrogen) atoms. The Labute approximate surface area is 184 Å². The summed E-state index contributed by atoms with van der Waals surface area (Å²) in [6.07, 6.45) is 3.42. The molecule has 1 saturated heterocycles. The van der Waals surface area contributed by atoms with Crippen LogP contribution in [-0.4, -0.2) is 38.5 Å². The summed E-state index contributed by atoms with van der Waals surface area (Å²) in [7, 11) is 0. The number of halogens is 3. The molecule has 7 nitrogen and oxygen atoms in total. The van der Waals surface area contributed by atoms with Crippen LogP contribution in [0, 0.1) is 40.6 Å². The zero-order valence-corrected chi connectivity index (χ0v) is 17.1. The SMILES string of the molecule is O=C(NCc1c(F)cc(F)cc1F)c1cn2c(c(O)c1=O)C(=O)N1C3C[C@]34C([C@@H]3C[C@@H]34)[C@@H]1C2. The molecule has 3 saturated carbocycles. The summed E-state index contributed by atoms with van der Waals surface area (Å²) in [5.74, 6) is -3.83. The lowest BCUT2D eigenvalue weighted by atomic mass is 9.68. The number of hydrogen-bond acceptors (Lipinski definition) is 4. The maximum atomic E-state index is 13.9. The molecule has 1 aromatic heterocycles. The monoisotopic (exact) mass is 457 g/mol. The van der Waals surface area contributed by atoms with Gasteiger partial charge in [0.25, 0.3) is 11.8 Å². The Kier molecular flexibility index (Phi) is 3.36. The molecule has 2 unspecified atom stereocenters. The molecule has 2 amide bonds. The minimum atomic E-state index is -1.17. The molecule has 0 bridgehead atoms. The van der Waals surface area contributed by atoms with Crippen LogP contribution in [0.15, 0.2) is 23.1 Å². The van der Waals surface area contributed by atoms with E-state index in [-0.39, 0.29) is 29.1 Å². The van der Waals surface area contributed by atoms with Crippen molar-refractivity contribution < 1.29 is 27.9 Å². The first kappa shape index (κ1) is 19.2. The number of carbonyl (C=O) groups excluding carboxylic acids is 2. The molecule has 3 heterocycles. The van der Waals surface area contributed by atoms with Crippen LogP contribution in [0.5, 0.6) is 5.75 Å². The fourth-order valence-electron chi connectivity index (χ4n) is 7.20. The lowest BCUT2D eigenvalue weighted by molar-refractivity contribution is 0.0476. The van der Waals surface area contributed by atoms with Crippen molar-refractivity contribution in [2.45, 2.75) is 38.0 Å². The number of pyridine rings is 1. The number of fused-ring (bicyclic) bond motifs is 6. The lowest BCUT2D eigenvalue weighted by Crippen LogP contribution is -2.51. The normalized spacial score (nSPS) is 33.8. The highest BCUT2D eigenvalue weighted by Crippen LogP contribution is 2.86. The van der Waals surface area contributed by atoms with Gasteiger partial charge in [-0.25, -0.2) is 13.2 Å². The number of hydrogen-bond donors (Lipinski definition) is 2. The van der Waals surface area contributed by atoms with Crippen molar-refractivity contribution in [3.05, 3.63) is 62.8 Å². The highest BCUT2D eigenvalue weighted by atomic mass is 19.1. The molecule has 2 aliphatic heterocycles. The molecule has 10 heteroatoms. The zero-order chi connectivity index (χ0) is 23.0. The van der Waals surface area contributed by atoms with Crippen LogP contribution < -0.4 is 10.7 Å². The highest BCUT2D eigenvalue weighted by molar-refractivity contribution is 6.00. The van der Waals surface area contributed by atoms with Crippen LogP contribution in [0.1, 0.15) is 39.3 Å². The predicted octanol–water partition coefficient (Wildman–Crippen LogP) is 1.76. The minimum absolute atomic E-state index is 0.0206. The van der Waals surface area contributed by atoms with Gasteiger partial charge in [-0.05, 0) is 30.6 Å². The Morgan fingerprint density at radius 1 is 1.21 bits per heavy atom. The van der Waals surface area contributed by atoms with E-state index in [2.05, 4.69) is 5.32 Å². The Morgan fingerprint density at radius 2 is 1.94 bits per heavy atom. The molecule has 1 aromatic carbocycles. The first-order valence-electron chi connectivity index (χ1n) is 10.9. The van der Waals surface area contributed by atoms with Crippen LogP contribution in [0.25, 0.3) is 0 Å². The topological polar surface area (TPSA) is 91.6 Å². The molecule has 0 radical (unpaired) electrons. The third-order valence-corrected chi connectivity index (χ3v) is 8.58. The van der Waals surface area contributed by atoms with E-state index in [4.69, 9.17) is 0 Å². The van der Waals surface area contributed by atoms with Gasteiger partial charge in [0.05, 0.1) is 6.04 Å². The maximum absolute atomic E-state index is 13.9. The summed E-state index contributed by atoms with van der Waals surface area (Å²) >= 11 is 0. The average Bonchev–Trinajstić information content (AvgIpc) is 3.63. The van der Waals surface area contributed by atoms with Gasteiger partial charge in [-0.1, -0.05) is 0 Å². The molecular weight excluding hydrogens is 439 g/mol. The molecule has 7 rings (SSSR count). The van der Waals surface area contributed by atoms with Crippen LogP contribution in [0.2, 0.25) is 0 Å². The first-order valence-corrected chi connectivity index (χ1v) is 10.9. The number of carbonyl (C=O) groups is 2. The van der Waals surface area contributed by atoms with Crippen LogP contribution >= 0.6 is 0 Å². The van der Waals surface area contributed by atoms with Gasteiger partial charge in [0.2, 0.25) is 5.43 Å². The third kappa shape index (κ3) is 2.19. The van der Waals surface area contributed by atoms with Gasteiger partial charge in [-0.3, -0.25) is 14.4 Å². The van der Waals surface area contributed by atoms with Crippen molar-refractivity contribution in [3.63, 3.8) is 0 Å². The second-order valence-corrected chi connectivity index (χ2v) is 9.90. The first-order chi connectivity index (χ1) is 15.7. The summed E-state index contributed by atoms with van der Waals surface area (Å²) < 4.78 is 42.3. The number of nitrogens with zero attached hydrogens (tertiary/aromatic N) is 2. The van der Waals surface area contributed by atoms with Gasteiger partial charge in [0.1, 0.15) is 23.0 Å². The number of benzene rings is 1. The van der Waals surface area contributed by atoms with Crippen LogP contribution in [-0.2, 0) is 13.1 Å². The summed E-state index contributed by atoms with van der Waals surface area (Å²) in [6.45, 7) is -0.244. The smallest absolute Gasteiger partial charge is 0.275 e.